The van der Waals surface area contributed by atoms with Crippen molar-refractivity contribution >= 4 is 0 Å². The van der Waals surface area contributed by atoms with Gasteiger partial charge in [0.05, 0.1) is 18.7 Å². The van der Waals surface area contributed by atoms with Crippen LogP contribution in [0.1, 0.15) is 30.9 Å². The molecule has 1 atom stereocenters. The Balaban J connectivity index is 2.38. The lowest BCUT2D eigenvalue weighted by atomic mass is 10.1. The van der Waals surface area contributed by atoms with Crippen molar-refractivity contribution < 1.29 is 4.74 Å². The Morgan fingerprint density at radius 1 is 1.28 bits per heavy atom. The van der Waals surface area contributed by atoms with Crippen LogP contribution >= 0.6 is 0 Å². The van der Waals surface area contributed by atoms with Crippen molar-refractivity contribution in [2.75, 3.05) is 13.2 Å². The van der Waals surface area contributed by atoms with E-state index in [1.807, 2.05) is 12.1 Å². The van der Waals surface area contributed by atoms with E-state index in [0.717, 1.165) is 18.7 Å². The zero-order valence-electron chi connectivity index (χ0n) is 11.5. The first-order chi connectivity index (χ1) is 8.65. The van der Waals surface area contributed by atoms with Gasteiger partial charge in [0.25, 0.3) is 0 Å². The lowest BCUT2D eigenvalue weighted by molar-refractivity contribution is 0.297. The second-order valence-electron chi connectivity index (χ2n) is 4.60. The van der Waals surface area contributed by atoms with E-state index in [1.54, 1.807) is 0 Å². The van der Waals surface area contributed by atoms with Gasteiger partial charge in [0.15, 0.2) is 0 Å². The highest BCUT2D eigenvalue weighted by atomic mass is 16.5. The highest BCUT2D eigenvalue weighted by molar-refractivity contribution is 5.32. The van der Waals surface area contributed by atoms with E-state index in [1.165, 1.54) is 11.1 Å². The molecule has 3 nitrogen and oxygen atoms in total. The minimum Gasteiger partial charge on any atom is -0.493 e. The SMILES string of the molecule is CCCNC(C#N)CCOc1cc(C)cc(C)c1. The lowest BCUT2D eigenvalue weighted by Crippen LogP contribution is -2.29. The lowest BCUT2D eigenvalue weighted by Gasteiger charge is -2.12. The van der Waals surface area contributed by atoms with E-state index < -0.39 is 0 Å². The number of nitrogens with zero attached hydrogens (tertiary/aromatic N) is 1. The van der Waals surface area contributed by atoms with Crippen molar-refractivity contribution in [2.24, 2.45) is 0 Å². The first-order valence-corrected chi connectivity index (χ1v) is 6.49. The average molecular weight is 246 g/mol. The predicted octanol–water partition coefficient (Wildman–Crippen LogP) is 2.96. The fourth-order valence-corrected chi connectivity index (χ4v) is 1.84. The fraction of sp³-hybridized carbons (Fsp3) is 0.533. The molecule has 1 N–H and O–H groups in total. The number of aryl methyl sites for hydroxylation is 2. The van der Waals surface area contributed by atoms with Crippen molar-refractivity contribution in [1.29, 1.82) is 5.26 Å². The van der Waals surface area contributed by atoms with Crippen LogP contribution in [-0.2, 0) is 0 Å². The van der Waals surface area contributed by atoms with Crippen LogP contribution in [0.5, 0.6) is 5.75 Å². The smallest absolute Gasteiger partial charge is 0.119 e. The Kier molecular flexibility index (Phi) is 6.24. The number of ether oxygens (including phenoxy) is 1. The van der Waals surface area contributed by atoms with Crippen LogP contribution in [0.3, 0.4) is 0 Å². The van der Waals surface area contributed by atoms with Gasteiger partial charge < -0.3 is 10.1 Å². The monoisotopic (exact) mass is 246 g/mol. The molecule has 1 rings (SSSR count). The van der Waals surface area contributed by atoms with Crippen LogP contribution in [0, 0.1) is 25.2 Å². The van der Waals surface area contributed by atoms with Gasteiger partial charge >= 0.3 is 0 Å². The molecule has 0 aromatic heterocycles. The van der Waals surface area contributed by atoms with Crippen LogP contribution in [0.15, 0.2) is 18.2 Å². The number of hydrogen-bond donors (Lipinski definition) is 1. The minimum atomic E-state index is -0.115. The second kappa shape index (κ2) is 7.73. The minimum absolute atomic E-state index is 0.115. The van der Waals surface area contributed by atoms with Gasteiger partial charge in [0, 0.05) is 6.42 Å². The van der Waals surface area contributed by atoms with Gasteiger partial charge in [-0.05, 0) is 50.1 Å². The maximum atomic E-state index is 8.97. The predicted molar refractivity (Wildman–Crippen MR) is 73.7 cm³/mol. The van der Waals surface area contributed by atoms with E-state index in [-0.39, 0.29) is 6.04 Å². The highest BCUT2D eigenvalue weighted by Gasteiger charge is 2.06. The summed E-state index contributed by atoms with van der Waals surface area (Å²) in [7, 11) is 0. The van der Waals surface area contributed by atoms with Crippen LogP contribution in [0.4, 0.5) is 0 Å². The van der Waals surface area contributed by atoms with Gasteiger partial charge in [0.1, 0.15) is 5.75 Å². The topological polar surface area (TPSA) is 45.0 Å². The summed E-state index contributed by atoms with van der Waals surface area (Å²) in [5.41, 5.74) is 2.40. The molecule has 0 fully saturated rings. The molecule has 0 saturated heterocycles. The van der Waals surface area contributed by atoms with Crippen molar-refractivity contribution in [3.05, 3.63) is 29.3 Å². The molecule has 0 bridgehead atoms. The molecule has 0 aliphatic heterocycles. The van der Waals surface area contributed by atoms with Crippen LogP contribution in [0.2, 0.25) is 0 Å². The summed E-state index contributed by atoms with van der Waals surface area (Å²) in [6.45, 7) is 7.65. The Morgan fingerprint density at radius 2 is 1.94 bits per heavy atom. The summed E-state index contributed by atoms with van der Waals surface area (Å²) >= 11 is 0. The van der Waals surface area contributed by atoms with Crippen molar-refractivity contribution in [3.8, 4) is 11.8 Å². The van der Waals surface area contributed by atoms with Crippen LogP contribution < -0.4 is 10.1 Å². The zero-order valence-corrected chi connectivity index (χ0v) is 11.5. The standard InChI is InChI=1S/C15H22N2O/c1-4-6-17-14(11-16)5-7-18-15-9-12(2)8-13(3)10-15/h8-10,14,17H,4-7H2,1-3H3. The molecule has 1 unspecified atom stereocenters. The molecule has 0 saturated carbocycles. The fourth-order valence-electron chi connectivity index (χ4n) is 1.84. The van der Waals surface area contributed by atoms with E-state index in [2.05, 4.69) is 38.2 Å². The number of benzene rings is 1. The first kappa shape index (κ1) is 14.5. The third-order valence-electron chi connectivity index (χ3n) is 2.67. The van der Waals surface area contributed by atoms with Crippen LogP contribution in [0.25, 0.3) is 0 Å². The summed E-state index contributed by atoms with van der Waals surface area (Å²) in [6, 6.07) is 8.30. The summed E-state index contributed by atoms with van der Waals surface area (Å²) in [5, 5.41) is 12.2. The molecule has 0 aliphatic carbocycles. The molecule has 0 radical (unpaired) electrons. The summed E-state index contributed by atoms with van der Waals surface area (Å²) in [6.07, 6.45) is 1.75. The largest absolute Gasteiger partial charge is 0.493 e. The van der Waals surface area contributed by atoms with Crippen molar-refractivity contribution in [2.45, 2.75) is 39.7 Å². The van der Waals surface area contributed by atoms with E-state index in [0.29, 0.717) is 13.0 Å². The molecular formula is C15H22N2O. The van der Waals surface area contributed by atoms with Crippen LogP contribution in [-0.4, -0.2) is 19.2 Å². The van der Waals surface area contributed by atoms with Gasteiger partial charge in [-0.15, -0.1) is 0 Å². The maximum Gasteiger partial charge on any atom is 0.119 e. The molecule has 1 aromatic rings. The molecule has 0 spiro atoms. The molecule has 98 valence electrons. The summed E-state index contributed by atoms with van der Waals surface area (Å²) in [4.78, 5) is 0. The quantitative estimate of drug-likeness (QED) is 0.804. The zero-order chi connectivity index (χ0) is 13.4. The van der Waals surface area contributed by atoms with Gasteiger partial charge in [-0.25, -0.2) is 0 Å². The summed E-state index contributed by atoms with van der Waals surface area (Å²) < 4.78 is 5.69. The Hall–Kier alpha value is -1.53. The molecule has 1 aromatic carbocycles. The molecular weight excluding hydrogens is 224 g/mol. The number of nitrogens with one attached hydrogen (secondary N) is 1. The average Bonchev–Trinajstić information content (AvgIpc) is 2.32. The third kappa shape index (κ3) is 5.20. The number of nitriles is 1. The van der Waals surface area contributed by atoms with Gasteiger partial charge in [-0.3, -0.25) is 0 Å². The normalized spacial score (nSPS) is 11.9. The van der Waals surface area contributed by atoms with E-state index >= 15 is 0 Å². The molecule has 18 heavy (non-hydrogen) atoms. The Bertz CT molecular complexity index is 389. The molecule has 0 amide bonds. The van der Waals surface area contributed by atoms with E-state index in [9.17, 15) is 0 Å². The summed E-state index contributed by atoms with van der Waals surface area (Å²) in [5.74, 6) is 0.889. The molecule has 3 heteroatoms. The van der Waals surface area contributed by atoms with E-state index in [4.69, 9.17) is 10.00 Å². The van der Waals surface area contributed by atoms with Gasteiger partial charge in [0.2, 0.25) is 0 Å². The van der Waals surface area contributed by atoms with Crippen molar-refractivity contribution in [3.63, 3.8) is 0 Å². The maximum absolute atomic E-state index is 8.97. The van der Waals surface area contributed by atoms with Gasteiger partial charge in [-0.2, -0.15) is 5.26 Å². The Labute approximate surface area is 110 Å². The number of rotatable bonds is 7. The first-order valence-electron chi connectivity index (χ1n) is 6.49. The Morgan fingerprint density at radius 3 is 2.50 bits per heavy atom. The molecule has 0 aliphatic rings. The molecule has 0 heterocycles. The van der Waals surface area contributed by atoms with Gasteiger partial charge in [-0.1, -0.05) is 13.0 Å². The number of hydrogen-bond acceptors (Lipinski definition) is 3. The third-order valence-corrected chi connectivity index (χ3v) is 2.67. The second-order valence-corrected chi connectivity index (χ2v) is 4.60. The highest BCUT2D eigenvalue weighted by Crippen LogP contribution is 2.16. The van der Waals surface area contributed by atoms with Crippen molar-refractivity contribution in [1.82, 2.24) is 5.32 Å².